The van der Waals surface area contributed by atoms with Gasteiger partial charge in [0.05, 0.1) is 0 Å². The van der Waals surface area contributed by atoms with Crippen LogP contribution in [-0.2, 0) is 11.2 Å². The fraction of sp³-hybridized carbons (Fsp3) is 0.133. The summed E-state index contributed by atoms with van der Waals surface area (Å²) >= 11 is 0. The fourth-order valence-corrected chi connectivity index (χ4v) is 1.64. The topological polar surface area (TPSA) is 52.3 Å². The molecule has 1 atom stereocenters. The van der Waals surface area contributed by atoms with Gasteiger partial charge in [-0.2, -0.15) is 0 Å². The molecule has 0 spiro atoms. The van der Waals surface area contributed by atoms with Gasteiger partial charge in [0.15, 0.2) is 0 Å². The van der Waals surface area contributed by atoms with E-state index in [1.165, 1.54) is 12.1 Å². The van der Waals surface area contributed by atoms with Crippen molar-refractivity contribution in [1.29, 1.82) is 0 Å². The van der Waals surface area contributed by atoms with Crippen molar-refractivity contribution in [1.82, 2.24) is 0 Å². The van der Waals surface area contributed by atoms with E-state index in [0.29, 0.717) is 12.2 Å². The Labute approximate surface area is 110 Å². The van der Waals surface area contributed by atoms with Crippen LogP contribution >= 0.6 is 0 Å². The van der Waals surface area contributed by atoms with Crippen molar-refractivity contribution in [3.8, 4) is 5.75 Å². The van der Waals surface area contributed by atoms with Crippen molar-refractivity contribution in [2.45, 2.75) is 12.5 Å². The quantitative estimate of drug-likeness (QED) is 0.677. The van der Waals surface area contributed by atoms with Crippen LogP contribution in [0.15, 0.2) is 54.6 Å². The number of carbonyl (C=O) groups excluding carboxylic acids is 1. The van der Waals surface area contributed by atoms with Crippen LogP contribution in [0.4, 0.5) is 4.39 Å². The van der Waals surface area contributed by atoms with Crippen LogP contribution in [0.3, 0.4) is 0 Å². The molecule has 2 aromatic carbocycles. The maximum Gasteiger partial charge on any atom is 0.328 e. The van der Waals surface area contributed by atoms with Gasteiger partial charge in [0.25, 0.3) is 0 Å². The lowest BCUT2D eigenvalue weighted by molar-refractivity contribution is -0.135. The van der Waals surface area contributed by atoms with E-state index in [2.05, 4.69) is 0 Å². The zero-order valence-electron chi connectivity index (χ0n) is 10.3. The molecule has 0 saturated heterocycles. The van der Waals surface area contributed by atoms with Crippen LogP contribution in [0.2, 0.25) is 0 Å². The Morgan fingerprint density at radius 2 is 1.74 bits per heavy atom. The van der Waals surface area contributed by atoms with Crippen molar-refractivity contribution >= 4 is 5.97 Å². The highest BCUT2D eigenvalue weighted by molar-refractivity contribution is 5.78. The number of esters is 1. The van der Waals surface area contributed by atoms with Crippen molar-refractivity contribution in [2.75, 3.05) is 0 Å². The molecule has 0 aromatic heterocycles. The molecule has 0 bridgehead atoms. The predicted octanol–water partition coefficient (Wildman–Crippen LogP) is 2.30. The summed E-state index contributed by atoms with van der Waals surface area (Å²) in [6.45, 7) is 0. The molecule has 3 nitrogen and oxygen atoms in total. The number of nitrogens with two attached hydrogens (primary N) is 1. The first-order valence-corrected chi connectivity index (χ1v) is 5.92. The van der Waals surface area contributed by atoms with Crippen molar-refractivity contribution in [3.63, 3.8) is 0 Å². The zero-order chi connectivity index (χ0) is 13.7. The van der Waals surface area contributed by atoms with E-state index in [0.717, 1.165) is 5.56 Å². The SMILES string of the molecule is N[C@@H](Cc1ccc(F)cc1)C(=O)Oc1ccccc1. The molecule has 0 aliphatic heterocycles. The normalized spacial score (nSPS) is 11.9. The molecule has 0 unspecified atom stereocenters. The second-order valence-corrected chi connectivity index (χ2v) is 4.17. The van der Waals surface area contributed by atoms with Crippen molar-refractivity contribution in [3.05, 3.63) is 66.0 Å². The summed E-state index contributed by atoms with van der Waals surface area (Å²) in [5, 5.41) is 0. The zero-order valence-corrected chi connectivity index (χ0v) is 10.3. The second-order valence-electron chi connectivity index (χ2n) is 4.17. The third-order valence-corrected chi connectivity index (χ3v) is 2.63. The van der Waals surface area contributed by atoms with Gasteiger partial charge in [-0.3, -0.25) is 0 Å². The number of hydrogen-bond donors (Lipinski definition) is 1. The number of rotatable bonds is 4. The Balaban J connectivity index is 1.94. The van der Waals surface area contributed by atoms with Gasteiger partial charge in [0.2, 0.25) is 0 Å². The smallest absolute Gasteiger partial charge is 0.328 e. The first-order chi connectivity index (χ1) is 9.15. The number of para-hydroxylation sites is 1. The standard InChI is InChI=1S/C15H14FNO2/c16-12-8-6-11(7-9-12)10-14(17)15(18)19-13-4-2-1-3-5-13/h1-9,14H,10,17H2/t14-/m0/s1. The summed E-state index contributed by atoms with van der Waals surface area (Å²) in [6, 6.07) is 13.8. The van der Waals surface area contributed by atoms with Crippen LogP contribution in [0, 0.1) is 5.82 Å². The maximum atomic E-state index is 12.7. The summed E-state index contributed by atoms with van der Waals surface area (Å²) in [5.41, 5.74) is 6.56. The first-order valence-electron chi connectivity index (χ1n) is 5.92. The van der Waals surface area contributed by atoms with E-state index in [1.54, 1.807) is 36.4 Å². The van der Waals surface area contributed by atoms with Crippen molar-refractivity contribution in [2.24, 2.45) is 5.73 Å². The van der Waals surface area contributed by atoms with Crippen LogP contribution in [0.1, 0.15) is 5.56 Å². The number of halogens is 1. The third-order valence-electron chi connectivity index (χ3n) is 2.63. The first kappa shape index (κ1) is 13.2. The molecule has 0 heterocycles. The summed E-state index contributed by atoms with van der Waals surface area (Å²) in [6.07, 6.45) is 0.311. The lowest BCUT2D eigenvalue weighted by atomic mass is 10.1. The van der Waals surface area contributed by atoms with Gasteiger partial charge in [-0.15, -0.1) is 0 Å². The lowest BCUT2D eigenvalue weighted by Gasteiger charge is -2.11. The van der Waals surface area contributed by atoms with Gasteiger partial charge in [0, 0.05) is 0 Å². The van der Waals surface area contributed by atoms with E-state index in [1.807, 2.05) is 6.07 Å². The minimum atomic E-state index is -0.773. The molecule has 0 aliphatic carbocycles. The van der Waals surface area contributed by atoms with E-state index in [9.17, 15) is 9.18 Å². The molecule has 0 radical (unpaired) electrons. The van der Waals surface area contributed by atoms with Gasteiger partial charge in [-0.1, -0.05) is 30.3 Å². The third kappa shape index (κ3) is 3.89. The molecule has 2 N–H and O–H groups in total. The van der Waals surface area contributed by atoms with Gasteiger partial charge < -0.3 is 10.5 Å². The van der Waals surface area contributed by atoms with Crippen LogP contribution in [0.25, 0.3) is 0 Å². The molecule has 2 aromatic rings. The monoisotopic (exact) mass is 259 g/mol. The minimum Gasteiger partial charge on any atom is -0.425 e. The number of ether oxygens (including phenoxy) is 1. The molecule has 0 aliphatic rings. The lowest BCUT2D eigenvalue weighted by Crippen LogP contribution is -2.36. The largest absolute Gasteiger partial charge is 0.425 e. The average Bonchev–Trinajstić information content (AvgIpc) is 2.42. The minimum absolute atomic E-state index is 0.311. The average molecular weight is 259 g/mol. The molecule has 0 fully saturated rings. The number of benzene rings is 2. The number of carbonyl (C=O) groups is 1. The number of hydrogen-bond acceptors (Lipinski definition) is 3. The molecular weight excluding hydrogens is 245 g/mol. The molecular formula is C15H14FNO2. The van der Waals surface area contributed by atoms with Gasteiger partial charge in [-0.25, -0.2) is 9.18 Å². The van der Waals surface area contributed by atoms with E-state index in [4.69, 9.17) is 10.5 Å². The van der Waals surface area contributed by atoms with E-state index in [-0.39, 0.29) is 5.82 Å². The van der Waals surface area contributed by atoms with E-state index < -0.39 is 12.0 Å². The summed E-state index contributed by atoms with van der Waals surface area (Å²) in [5.74, 6) is -0.359. The van der Waals surface area contributed by atoms with Gasteiger partial charge >= 0.3 is 5.97 Å². The summed E-state index contributed by atoms with van der Waals surface area (Å²) in [4.78, 5) is 11.8. The Bertz CT molecular complexity index is 540. The van der Waals surface area contributed by atoms with Gasteiger partial charge in [-0.05, 0) is 36.2 Å². The summed E-state index contributed by atoms with van der Waals surface area (Å²) < 4.78 is 17.9. The molecule has 19 heavy (non-hydrogen) atoms. The fourth-order valence-electron chi connectivity index (χ4n) is 1.64. The van der Waals surface area contributed by atoms with Crippen molar-refractivity contribution < 1.29 is 13.9 Å². The maximum absolute atomic E-state index is 12.7. The van der Waals surface area contributed by atoms with Crippen LogP contribution in [-0.4, -0.2) is 12.0 Å². The van der Waals surface area contributed by atoms with Crippen LogP contribution < -0.4 is 10.5 Å². The Hall–Kier alpha value is -2.20. The molecule has 0 saturated carbocycles. The summed E-state index contributed by atoms with van der Waals surface area (Å²) in [7, 11) is 0. The Morgan fingerprint density at radius 1 is 1.11 bits per heavy atom. The van der Waals surface area contributed by atoms with Crippen LogP contribution in [0.5, 0.6) is 5.75 Å². The highest BCUT2D eigenvalue weighted by Crippen LogP contribution is 2.11. The van der Waals surface area contributed by atoms with E-state index >= 15 is 0 Å². The molecule has 2 rings (SSSR count). The molecule has 0 amide bonds. The Kier molecular flexibility index (Phi) is 4.26. The molecule has 4 heteroatoms. The van der Waals surface area contributed by atoms with Gasteiger partial charge in [0.1, 0.15) is 17.6 Å². The molecule has 98 valence electrons. The predicted molar refractivity (Wildman–Crippen MR) is 70.2 cm³/mol. The highest BCUT2D eigenvalue weighted by atomic mass is 19.1. The second kappa shape index (κ2) is 6.11. The Morgan fingerprint density at radius 3 is 2.37 bits per heavy atom. The highest BCUT2D eigenvalue weighted by Gasteiger charge is 2.16.